The fourth-order valence-corrected chi connectivity index (χ4v) is 3.45. The summed E-state index contributed by atoms with van der Waals surface area (Å²) in [5, 5.41) is 0. The minimum atomic E-state index is 0.905. The van der Waals surface area contributed by atoms with Crippen LogP contribution in [0.4, 0.5) is 0 Å². The molecule has 98 valence electrons. The van der Waals surface area contributed by atoms with E-state index < -0.39 is 0 Å². The van der Waals surface area contributed by atoms with Crippen LogP contribution in [0.15, 0.2) is 0 Å². The van der Waals surface area contributed by atoms with Gasteiger partial charge in [0, 0.05) is 38.8 Å². The minimum Gasteiger partial charge on any atom is -0.301 e. The Hall–Kier alpha value is -0.0800. The van der Waals surface area contributed by atoms with Crippen LogP contribution in [0.1, 0.15) is 39.5 Å². The molecule has 0 radical (unpaired) electrons. The van der Waals surface area contributed by atoms with Crippen molar-refractivity contribution in [1.82, 2.24) is 9.80 Å². The molecule has 0 bridgehead atoms. The maximum absolute atomic E-state index is 2.77. The van der Waals surface area contributed by atoms with Crippen LogP contribution in [0.5, 0.6) is 0 Å². The molecule has 0 atom stereocenters. The Labute approximate surface area is 106 Å². The fraction of sp³-hybridized carbons (Fsp3) is 1.00. The van der Waals surface area contributed by atoms with Crippen LogP contribution in [0.25, 0.3) is 0 Å². The van der Waals surface area contributed by atoms with Gasteiger partial charge in [-0.25, -0.2) is 0 Å². The smallest absolute Gasteiger partial charge is 0.0113 e. The Morgan fingerprint density at radius 3 is 2.18 bits per heavy atom. The highest BCUT2D eigenvalue weighted by Gasteiger charge is 2.36. The van der Waals surface area contributed by atoms with Crippen molar-refractivity contribution in [3.8, 4) is 0 Å². The molecule has 2 aliphatic carbocycles. The molecule has 17 heavy (non-hydrogen) atoms. The summed E-state index contributed by atoms with van der Waals surface area (Å²) in [5.41, 5.74) is 0. The highest BCUT2D eigenvalue weighted by Crippen LogP contribution is 2.37. The largest absolute Gasteiger partial charge is 0.301 e. The summed E-state index contributed by atoms with van der Waals surface area (Å²) >= 11 is 0. The molecule has 0 amide bonds. The second kappa shape index (κ2) is 4.89. The number of nitrogens with zero attached hydrogens (tertiary/aromatic N) is 2. The number of rotatable bonds is 4. The van der Waals surface area contributed by atoms with Crippen LogP contribution in [0, 0.1) is 17.8 Å². The van der Waals surface area contributed by atoms with Crippen LogP contribution in [0.2, 0.25) is 0 Å². The van der Waals surface area contributed by atoms with E-state index in [1.165, 1.54) is 58.4 Å². The van der Waals surface area contributed by atoms with Gasteiger partial charge in [-0.1, -0.05) is 13.8 Å². The third-order valence-corrected chi connectivity index (χ3v) is 5.23. The average molecular weight is 236 g/mol. The fourth-order valence-electron chi connectivity index (χ4n) is 3.45. The van der Waals surface area contributed by atoms with Crippen molar-refractivity contribution in [2.75, 3.05) is 32.7 Å². The molecular weight excluding hydrogens is 208 g/mol. The lowest BCUT2D eigenvalue weighted by atomic mass is 9.73. The van der Waals surface area contributed by atoms with Gasteiger partial charge < -0.3 is 4.90 Å². The Morgan fingerprint density at radius 1 is 1.00 bits per heavy atom. The Balaban J connectivity index is 1.37. The molecule has 3 fully saturated rings. The molecule has 0 spiro atoms. The molecule has 1 heterocycles. The van der Waals surface area contributed by atoms with E-state index in [1.54, 1.807) is 0 Å². The van der Waals surface area contributed by atoms with Gasteiger partial charge in [-0.05, 0) is 43.4 Å². The van der Waals surface area contributed by atoms with Crippen molar-refractivity contribution in [3.63, 3.8) is 0 Å². The third-order valence-electron chi connectivity index (χ3n) is 5.23. The molecule has 2 nitrogen and oxygen atoms in total. The Bertz CT molecular complexity index is 246. The zero-order valence-electron chi connectivity index (χ0n) is 11.6. The molecule has 0 unspecified atom stereocenters. The summed E-state index contributed by atoms with van der Waals surface area (Å²) < 4.78 is 0. The molecular formula is C15H28N2. The van der Waals surface area contributed by atoms with Gasteiger partial charge in [-0.2, -0.15) is 0 Å². The SMILES string of the molecule is CC(C)[C@H]1C[C@H](N2CCN(CC3CC3)CC2)C1. The van der Waals surface area contributed by atoms with E-state index in [0.29, 0.717) is 0 Å². The van der Waals surface area contributed by atoms with Crippen molar-refractivity contribution in [1.29, 1.82) is 0 Å². The van der Waals surface area contributed by atoms with E-state index in [1.807, 2.05) is 0 Å². The van der Waals surface area contributed by atoms with Gasteiger partial charge in [0.05, 0.1) is 0 Å². The van der Waals surface area contributed by atoms with Crippen molar-refractivity contribution in [3.05, 3.63) is 0 Å². The maximum Gasteiger partial charge on any atom is 0.0113 e. The first-order valence-corrected chi connectivity index (χ1v) is 7.69. The second-order valence-electron chi connectivity index (χ2n) is 6.91. The minimum absolute atomic E-state index is 0.905. The normalized spacial score (nSPS) is 36.2. The van der Waals surface area contributed by atoms with Crippen LogP contribution in [0.3, 0.4) is 0 Å². The molecule has 0 aromatic heterocycles. The first-order chi connectivity index (χ1) is 8.22. The van der Waals surface area contributed by atoms with Crippen LogP contribution in [-0.4, -0.2) is 48.6 Å². The van der Waals surface area contributed by atoms with Gasteiger partial charge in [0.1, 0.15) is 0 Å². The van der Waals surface area contributed by atoms with Crippen LogP contribution < -0.4 is 0 Å². The molecule has 3 rings (SSSR count). The van der Waals surface area contributed by atoms with Crippen molar-refractivity contribution in [2.45, 2.75) is 45.6 Å². The summed E-state index contributed by atoms with van der Waals surface area (Å²) in [6, 6.07) is 0.936. The van der Waals surface area contributed by atoms with Gasteiger partial charge >= 0.3 is 0 Å². The lowest BCUT2D eigenvalue weighted by Gasteiger charge is -2.47. The zero-order valence-corrected chi connectivity index (χ0v) is 11.6. The van der Waals surface area contributed by atoms with E-state index in [2.05, 4.69) is 23.6 Å². The summed E-state index contributed by atoms with van der Waals surface area (Å²) in [4.78, 5) is 5.47. The molecule has 1 aliphatic heterocycles. The highest BCUT2D eigenvalue weighted by molar-refractivity contribution is 4.91. The van der Waals surface area contributed by atoms with E-state index in [9.17, 15) is 0 Å². The zero-order chi connectivity index (χ0) is 11.8. The summed E-state index contributed by atoms with van der Waals surface area (Å²) in [7, 11) is 0. The van der Waals surface area contributed by atoms with Gasteiger partial charge in [0.15, 0.2) is 0 Å². The van der Waals surface area contributed by atoms with E-state index in [-0.39, 0.29) is 0 Å². The Kier molecular flexibility index (Phi) is 3.45. The molecule has 1 saturated heterocycles. The second-order valence-corrected chi connectivity index (χ2v) is 6.91. The standard InChI is InChI=1S/C15H28N2/c1-12(2)14-9-15(10-14)17-7-5-16(6-8-17)11-13-3-4-13/h12-15H,3-11H2,1-2H3/t14-,15-. The summed E-state index contributed by atoms with van der Waals surface area (Å²) in [6.07, 6.45) is 5.94. The number of hydrogen-bond donors (Lipinski definition) is 0. The lowest BCUT2D eigenvalue weighted by Crippen LogP contribution is -2.54. The van der Waals surface area contributed by atoms with Crippen molar-refractivity contribution >= 4 is 0 Å². The monoisotopic (exact) mass is 236 g/mol. The molecule has 2 heteroatoms. The van der Waals surface area contributed by atoms with Gasteiger partial charge in [-0.15, -0.1) is 0 Å². The molecule has 0 aromatic carbocycles. The van der Waals surface area contributed by atoms with Crippen molar-refractivity contribution in [2.24, 2.45) is 17.8 Å². The summed E-state index contributed by atoms with van der Waals surface area (Å²) in [5.74, 6) is 2.99. The van der Waals surface area contributed by atoms with Gasteiger partial charge in [-0.3, -0.25) is 4.90 Å². The lowest BCUT2D eigenvalue weighted by molar-refractivity contribution is 0.0184. The maximum atomic E-state index is 2.77. The van der Waals surface area contributed by atoms with Gasteiger partial charge in [0.25, 0.3) is 0 Å². The molecule has 0 N–H and O–H groups in total. The third kappa shape index (κ3) is 2.85. The predicted molar refractivity (Wildman–Crippen MR) is 72.1 cm³/mol. The van der Waals surface area contributed by atoms with E-state index in [0.717, 1.165) is 23.8 Å². The van der Waals surface area contributed by atoms with Crippen molar-refractivity contribution < 1.29 is 0 Å². The number of piperazine rings is 1. The van der Waals surface area contributed by atoms with Gasteiger partial charge in [0.2, 0.25) is 0 Å². The first kappa shape index (κ1) is 12.0. The topological polar surface area (TPSA) is 6.48 Å². The summed E-state index contributed by atoms with van der Waals surface area (Å²) in [6.45, 7) is 11.5. The highest BCUT2D eigenvalue weighted by atomic mass is 15.3. The number of hydrogen-bond acceptors (Lipinski definition) is 2. The van der Waals surface area contributed by atoms with Crippen LogP contribution in [-0.2, 0) is 0 Å². The van der Waals surface area contributed by atoms with E-state index in [4.69, 9.17) is 0 Å². The average Bonchev–Trinajstić information content (AvgIpc) is 3.01. The molecule has 0 aromatic rings. The van der Waals surface area contributed by atoms with Crippen LogP contribution >= 0.6 is 0 Å². The first-order valence-electron chi connectivity index (χ1n) is 7.69. The Morgan fingerprint density at radius 2 is 1.65 bits per heavy atom. The van der Waals surface area contributed by atoms with E-state index >= 15 is 0 Å². The predicted octanol–water partition coefficient (Wildman–Crippen LogP) is 2.45. The molecule has 2 saturated carbocycles. The quantitative estimate of drug-likeness (QED) is 0.740. The molecule has 3 aliphatic rings.